The molecule has 0 spiro atoms. The molecule has 3 heteroatoms. The van der Waals surface area contributed by atoms with E-state index in [2.05, 4.69) is 0 Å². The first-order valence-electron chi connectivity index (χ1n) is 5.35. The molecular formula is C12H17NO2. The van der Waals surface area contributed by atoms with Gasteiger partial charge in [-0.2, -0.15) is 0 Å². The van der Waals surface area contributed by atoms with Crippen LogP contribution in [0.15, 0.2) is 30.3 Å². The van der Waals surface area contributed by atoms with Crippen molar-refractivity contribution in [1.82, 2.24) is 0 Å². The van der Waals surface area contributed by atoms with Crippen LogP contribution >= 0.6 is 0 Å². The lowest BCUT2D eigenvalue weighted by Crippen LogP contribution is -2.22. The molecule has 0 radical (unpaired) electrons. The number of aliphatic hydroxyl groups is 1. The fourth-order valence-corrected chi connectivity index (χ4v) is 1.97. The molecule has 3 N–H and O–H groups in total. The van der Waals surface area contributed by atoms with E-state index in [1.807, 2.05) is 30.3 Å². The molecule has 0 amide bonds. The first-order chi connectivity index (χ1) is 7.25. The Kier molecular flexibility index (Phi) is 3.36. The van der Waals surface area contributed by atoms with Gasteiger partial charge < -0.3 is 15.6 Å². The predicted molar refractivity (Wildman–Crippen MR) is 58.2 cm³/mol. The largest absolute Gasteiger partial charge is 0.390 e. The van der Waals surface area contributed by atoms with Gasteiger partial charge in [-0.1, -0.05) is 30.3 Å². The van der Waals surface area contributed by atoms with Crippen LogP contribution in [-0.4, -0.2) is 23.4 Å². The van der Waals surface area contributed by atoms with Crippen LogP contribution in [0.3, 0.4) is 0 Å². The summed E-state index contributed by atoms with van der Waals surface area (Å²) in [4.78, 5) is 0. The SMILES string of the molecule is NC1CC(O)C(OCc2ccccc2)C1. The second-order valence-corrected chi connectivity index (χ2v) is 4.13. The quantitative estimate of drug-likeness (QED) is 0.779. The van der Waals surface area contributed by atoms with E-state index in [-0.39, 0.29) is 12.1 Å². The third-order valence-corrected chi connectivity index (χ3v) is 2.82. The van der Waals surface area contributed by atoms with Gasteiger partial charge in [0.05, 0.1) is 18.8 Å². The minimum absolute atomic E-state index is 0.0840. The molecule has 0 heterocycles. The van der Waals surface area contributed by atoms with Crippen molar-refractivity contribution in [1.29, 1.82) is 0 Å². The zero-order valence-electron chi connectivity index (χ0n) is 8.67. The van der Waals surface area contributed by atoms with Crippen LogP contribution in [0.5, 0.6) is 0 Å². The molecule has 0 saturated heterocycles. The molecule has 1 aromatic rings. The van der Waals surface area contributed by atoms with E-state index in [4.69, 9.17) is 10.5 Å². The highest BCUT2D eigenvalue weighted by Gasteiger charge is 2.31. The minimum atomic E-state index is -0.399. The van der Waals surface area contributed by atoms with Gasteiger partial charge in [0.1, 0.15) is 0 Å². The summed E-state index contributed by atoms with van der Waals surface area (Å²) in [6.07, 6.45) is 0.914. The Labute approximate surface area is 89.9 Å². The fourth-order valence-electron chi connectivity index (χ4n) is 1.97. The normalized spacial score (nSPS) is 30.7. The predicted octanol–water partition coefficient (Wildman–Crippen LogP) is 1.05. The van der Waals surface area contributed by atoms with Gasteiger partial charge in [-0.3, -0.25) is 0 Å². The number of hydrogen-bond donors (Lipinski definition) is 2. The molecule has 3 atom stereocenters. The van der Waals surface area contributed by atoms with Crippen molar-refractivity contribution >= 4 is 0 Å². The molecule has 0 aliphatic heterocycles. The number of nitrogens with two attached hydrogens (primary N) is 1. The molecule has 82 valence electrons. The topological polar surface area (TPSA) is 55.5 Å². The molecule has 2 rings (SSSR count). The van der Waals surface area contributed by atoms with Gasteiger partial charge in [-0.15, -0.1) is 0 Å². The van der Waals surface area contributed by atoms with Gasteiger partial charge in [0.15, 0.2) is 0 Å². The second kappa shape index (κ2) is 4.75. The molecule has 1 saturated carbocycles. The average Bonchev–Trinajstić information content (AvgIpc) is 2.56. The average molecular weight is 207 g/mol. The minimum Gasteiger partial charge on any atom is -0.390 e. The molecule has 1 aromatic carbocycles. The van der Waals surface area contributed by atoms with E-state index in [1.54, 1.807) is 0 Å². The van der Waals surface area contributed by atoms with Crippen molar-refractivity contribution in [3.8, 4) is 0 Å². The van der Waals surface area contributed by atoms with Gasteiger partial charge in [0.25, 0.3) is 0 Å². The van der Waals surface area contributed by atoms with Gasteiger partial charge in [0.2, 0.25) is 0 Å². The molecule has 3 unspecified atom stereocenters. The molecule has 3 nitrogen and oxygen atoms in total. The van der Waals surface area contributed by atoms with Gasteiger partial charge in [-0.05, 0) is 18.4 Å². The summed E-state index contributed by atoms with van der Waals surface area (Å²) in [6, 6.07) is 10.1. The van der Waals surface area contributed by atoms with Crippen LogP contribution in [0.25, 0.3) is 0 Å². The number of benzene rings is 1. The van der Waals surface area contributed by atoms with Crippen molar-refractivity contribution in [2.45, 2.75) is 37.7 Å². The lowest BCUT2D eigenvalue weighted by molar-refractivity contribution is -0.0273. The zero-order valence-corrected chi connectivity index (χ0v) is 8.67. The Morgan fingerprint density at radius 1 is 1.27 bits per heavy atom. The third kappa shape index (κ3) is 2.78. The number of ether oxygens (including phenoxy) is 1. The van der Waals surface area contributed by atoms with Gasteiger partial charge in [0, 0.05) is 6.04 Å². The number of hydrogen-bond acceptors (Lipinski definition) is 3. The van der Waals surface area contributed by atoms with Crippen LogP contribution in [0, 0.1) is 0 Å². The second-order valence-electron chi connectivity index (χ2n) is 4.13. The Morgan fingerprint density at radius 2 is 2.00 bits per heavy atom. The lowest BCUT2D eigenvalue weighted by Gasteiger charge is -2.15. The van der Waals surface area contributed by atoms with Crippen LogP contribution in [0.2, 0.25) is 0 Å². The van der Waals surface area contributed by atoms with Crippen LogP contribution in [0.1, 0.15) is 18.4 Å². The summed E-state index contributed by atoms with van der Waals surface area (Å²) < 4.78 is 5.64. The Hall–Kier alpha value is -0.900. The number of rotatable bonds is 3. The lowest BCUT2D eigenvalue weighted by atomic mass is 10.2. The standard InChI is InChI=1S/C12H17NO2/c13-10-6-11(14)12(7-10)15-8-9-4-2-1-3-5-9/h1-5,10-12,14H,6-8,13H2. The fraction of sp³-hybridized carbons (Fsp3) is 0.500. The first-order valence-corrected chi connectivity index (χ1v) is 5.35. The number of aliphatic hydroxyl groups excluding tert-OH is 1. The van der Waals surface area contributed by atoms with E-state index in [9.17, 15) is 5.11 Å². The Bertz CT molecular complexity index is 302. The summed E-state index contributed by atoms with van der Waals surface area (Å²) >= 11 is 0. The summed E-state index contributed by atoms with van der Waals surface area (Å²) in [5.74, 6) is 0. The van der Waals surface area contributed by atoms with Gasteiger partial charge in [-0.25, -0.2) is 0 Å². The highest BCUT2D eigenvalue weighted by molar-refractivity contribution is 5.13. The molecule has 15 heavy (non-hydrogen) atoms. The molecule has 1 aliphatic carbocycles. The maximum absolute atomic E-state index is 9.63. The summed E-state index contributed by atoms with van der Waals surface area (Å²) in [5.41, 5.74) is 6.87. The van der Waals surface area contributed by atoms with Gasteiger partial charge >= 0.3 is 0 Å². The van der Waals surface area contributed by atoms with Crippen molar-refractivity contribution < 1.29 is 9.84 Å². The summed E-state index contributed by atoms with van der Waals surface area (Å²) in [6.45, 7) is 0.551. The maximum Gasteiger partial charge on any atom is 0.0853 e. The van der Waals surface area contributed by atoms with E-state index in [0.717, 1.165) is 12.0 Å². The molecular weight excluding hydrogens is 190 g/mol. The van der Waals surface area contributed by atoms with E-state index in [0.29, 0.717) is 13.0 Å². The van der Waals surface area contributed by atoms with Crippen LogP contribution < -0.4 is 5.73 Å². The van der Waals surface area contributed by atoms with Crippen LogP contribution in [0.4, 0.5) is 0 Å². The maximum atomic E-state index is 9.63. The van der Waals surface area contributed by atoms with Crippen molar-refractivity contribution in [3.05, 3.63) is 35.9 Å². The highest BCUT2D eigenvalue weighted by Crippen LogP contribution is 2.22. The summed E-state index contributed by atoms with van der Waals surface area (Å²) in [7, 11) is 0. The Balaban J connectivity index is 1.84. The third-order valence-electron chi connectivity index (χ3n) is 2.82. The van der Waals surface area contributed by atoms with Crippen molar-refractivity contribution in [2.75, 3.05) is 0 Å². The van der Waals surface area contributed by atoms with Crippen molar-refractivity contribution in [2.24, 2.45) is 5.73 Å². The molecule has 0 bridgehead atoms. The van der Waals surface area contributed by atoms with Crippen molar-refractivity contribution in [3.63, 3.8) is 0 Å². The van der Waals surface area contributed by atoms with E-state index < -0.39 is 6.10 Å². The monoisotopic (exact) mass is 207 g/mol. The molecule has 0 aromatic heterocycles. The van der Waals surface area contributed by atoms with E-state index >= 15 is 0 Å². The zero-order chi connectivity index (χ0) is 10.7. The Morgan fingerprint density at radius 3 is 2.60 bits per heavy atom. The molecule has 1 fully saturated rings. The van der Waals surface area contributed by atoms with E-state index in [1.165, 1.54) is 0 Å². The smallest absolute Gasteiger partial charge is 0.0853 e. The van der Waals surface area contributed by atoms with Crippen LogP contribution in [-0.2, 0) is 11.3 Å². The molecule has 1 aliphatic rings. The highest BCUT2D eigenvalue weighted by atomic mass is 16.5. The summed E-state index contributed by atoms with van der Waals surface area (Å²) in [5, 5.41) is 9.63. The first kappa shape index (κ1) is 10.6.